The van der Waals surface area contributed by atoms with Gasteiger partial charge in [-0.15, -0.1) is 0 Å². The van der Waals surface area contributed by atoms with Crippen molar-refractivity contribution >= 4 is 11.6 Å². The highest BCUT2D eigenvalue weighted by molar-refractivity contribution is 5.58. The smallest absolute Gasteiger partial charge is 0.148 e. The van der Waals surface area contributed by atoms with Crippen LogP contribution in [-0.2, 0) is 0 Å². The van der Waals surface area contributed by atoms with Crippen LogP contribution in [0.5, 0.6) is 0 Å². The first-order valence-corrected chi connectivity index (χ1v) is 7.41. The average Bonchev–Trinajstić information content (AvgIpc) is 2.46. The van der Waals surface area contributed by atoms with Gasteiger partial charge < -0.3 is 15.6 Å². The lowest BCUT2D eigenvalue weighted by Gasteiger charge is -2.19. The Morgan fingerprint density at radius 1 is 1.20 bits per heavy atom. The van der Waals surface area contributed by atoms with Gasteiger partial charge >= 0.3 is 0 Å². The molecule has 0 aliphatic heterocycles. The van der Waals surface area contributed by atoms with Crippen LogP contribution in [0.1, 0.15) is 45.6 Å². The molecule has 4 N–H and O–H groups in total. The first-order valence-electron chi connectivity index (χ1n) is 7.41. The van der Waals surface area contributed by atoms with Crippen LogP contribution in [0, 0.1) is 0 Å². The average molecular weight is 280 g/mol. The summed E-state index contributed by atoms with van der Waals surface area (Å²) in [6, 6.07) is 0. The Bertz CT molecular complexity index is 389. The Labute approximate surface area is 122 Å². The third-order valence-electron chi connectivity index (χ3n) is 3.44. The van der Waals surface area contributed by atoms with Gasteiger partial charge in [0.2, 0.25) is 0 Å². The lowest BCUT2D eigenvalue weighted by Crippen LogP contribution is -2.25. The molecule has 0 unspecified atom stereocenters. The molecule has 0 bridgehead atoms. The van der Waals surface area contributed by atoms with E-state index in [1.807, 2.05) is 0 Å². The molecule has 0 aliphatic carbocycles. The molecule has 6 nitrogen and oxygen atoms in total. The molecule has 0 radical (unpaired) electrons. The number of hydrogen-bond acceptors (Lipinski definition) is 6. The van der Waals surface area contributed by atoms with E-state index in [0.29, 0.717) is 11.7 Å². The number of nitrogens with two attached hydrogens (primary N) is 1. The van der Waals surface area contributed by atoms with E-state index in [2.05, 4.69) is 53.3 Å². The molecule has 1 aromatic rings. The number of nitrogen functional groups attached to an aromatic ring is 1. The number of nitrogens with zero attached hydrogens (tertiary/aromatic N) is 3. The van der Waals surface area contributed by atoms with Crippen LogP contribution in [0.4, 0.5) is 11.6 Å². The minimum absolute atomic E-state index is 0.313. The van der Waals surface area contributed by atoms with Gasteiger partial charge in [0.15, 0.2) is 0 Å². The first-order chi connectivity index (χ1) is 9.63. The number of nitrogens with one attached hydrogen (secondary N) is 2. The number of aromatic nitrogens is 2. The monoisotopic (exact) mass is 280 g/mol. The quantitative estimate of drug-likeness (QED) is 0.365. The normalized spacial score (nSPS) is 11.2. The van der Waals surface area contributed by atoms with Crippen LogP contribution in [-0.4, -0.2) is 41.0 Å². The Kier molecular flexibility index (Phi) is 7.25. The van der Waals surface area contributed by atoms with E-state index in [9.17, 15) is 0 Å². The van der Waals surface area contributed by atoms with Crippen LogP contribution < -0.4 is 16.6 Å². The Hall–Kier alpha value is -1.40. The van der Waals surface area contributed by atoms with Gasteiger partial charge in [0.25, 0.3) is 0 Å². The molecule has 0 amide bonds. The van der Waals surface area contributed by atoms with Crippen molar-refractivity contribution in [2.45, 2.75) is 40.0 Å². The lowest BCUT2D eigenvalue weighted by molar-refractivity contribution is 0.303. The molecule has 0 aliphatic rings. The SMILES string of the molecule is CCN(CC)CCCNc1ncnc(NN)c1C(C)C. The van der Waals surface area contributed by atoms with Crippen molar-refractivity contribution in [1.82, 2.24) is 14.9 Å². The molecule has 0 aromatic carbocycles. The fourth-order valence-corrected chi connectivity index (χ4v) is 2.25. The van der Waals surface area contributed by atoms with Gasteiger partial charge in [-0.2, -0.15) is 0 Å². The van der Waals surface area contributed by atoms with Crippen molar-refractivity contribution in [2.24, 2.45) is 5.84 Å². The summed E-state index contributed by atoms with van der Waals surface area (Å²) in [6.45, 7) is 12.8. The van der Waals surface area contributed by atoms with Gasteiger partial charge in [0, 0.05) is 12.1 Å². The molecule has 114 valence electrons. The predicted molar refractivity (Wildman–Crippen MR) is 84.8 cm³/mol. The standard InChI is InChI=1S/C14H28N6/c1-5-20(6-2)9-7-8-16-13-12(11(3)4)14(19-15)18-10-17-13/h10-11H,5-9,15H2,1-4H3,(H2,16,17,18,19). The van der Waals surface area contributed by atoms with Crippen molar-refractivity contribution in [1.29, 1.82) is 0 Å². The highest BCUT2D eigenvalue weighted by Gasteiger charge is 2.13. The van der Waals surface area contributed by atoms with Gasteiger partial charge in [-0.05, 0) is 32.0 Å². The second-order valence-corrected chi connectivity index (χ2v) is 5.09. The third-order valence-corrected chi connectivity index (χ3v) is 3.44. The van der Waals surface area contributed by atoms with Gasteiger partial charge in [0.05, 0.1) is 0 Å². The van der Waals surface area contributed by atoms with E-state index in [1.54, 1.807) is 0 Å². The van der Waals surface area contributed by atoms with E-state index < -0.39 is 0 Å². The fourth-order valence-electron chi connectivity index (χ4n) is 2.25. The maximum Gasteiger partial charge on any atom is 0.148 e. The Morgan fingerprint density at radius 2 is 1.85 bits per heavy atom. The van der Waals surface area contributed by atoms with Crippen LogP contribution in [0.2, 0.25) is 0 Å². The van der Waals surface area contributed by atoms with Crippen LogP contribution in [0.15, 0.2) is 6.33 Å². The first kappa shape index (κ1) is 16.7. The lowest BCUT2D eigenvalue weighted by atomic mass is 10.0. The minimum atomic E-state index is 0.313. The predicted octanol–water partition coefficient (Wildman–Crippen LogP) is 2.03. The van der Waals surface area contributed by atoms with E-state index in [-0.39, 0.29) is 0 Å². The highest BCUT2D eigenvalue weighted by atomic mass is 15.3. The zero-order valence-corrected chi connectivity index (χ0v) is 13.1. The molecule has 1 rings (SSSR count). The molecule has 0 fully saturated rings. The number of hydrogen-bond donors (Lipinski definition) is 3. The highest BCUT2D eigenvalue weighted by Crippen LogP contribution is 2.27. The number of hydrazine groups is 1. The second kappa shape index (κ2) is 8.71. The fraction of sp³-hybridized carbons (Fsp3) is 0.714. The molecule has 6 heteroatoms. The summed E-state index contributed by atoms with van der Waals surface area (Å²) in [5, 5.41) is 3.40. The number of rotatable bonds is 9. The summed E-state index contributed by atoms with van der Waals surface area (Å²) < 4.78 is 0. The molecule has 0 atom stereocenters. The molecule has 0 saturated heterocycles. The Morgan fingerprint density at radius 3 is 2.40 bits per heavy atom. The van der Waals surface area contributed by atoms with Crippen molar-refractivity contribution in [3.63, 3.8) is 0 Å². The maximum atomic E-state index is 5.51. The number of anilines is 2. The summed E-state index contributed by atoms with van der Waals surface area (Å²) in [5.41, 5.74) is 3.68. The van der Waals surface area contributed by atoms with Crippen molar-refractivity contribution in [2.75, 3.05) is 36.9 Å². The summed E-state index contributed by atoms with van der Waals surface area (Å²) in [4.78, 5) is 10.9. The van der Waals surface area contributed by atoms with Gasteiger partial charge in [-0.1, -0.05) is 27.7 Å². The molecule has 0 saturated carbocycles. The van der Waals surface area contributed by atoms with Gasteiger partial charge in [0.1, 0.15) is 18.0 Å². The molecule has 1 aromatic heterocycles. The zero-order chi connectivity index (χ0) is 15.0. The summed E-state index contributed by atoms with van der Waals surface area (Å²) in [7, 11) is 0. The topological polar surface area (TPSA) is 79.1 Å². The molecule has 0 spiro atoms. The summed E-state index contributed by atoms with van der Waals surface area (Å²) >= 11 is 0. The zero-order valence-electron chi connectivity index (χ0n) is 13.1. The van der Waals surface area contributed by atoms with Crippen molar-refractivity contribution in [3.05, 3.63) is 11.9 Å². The van der Waals surface area contributed by atoms with Crippen LogP contribution in [0.25, 0.3) is 0 Å². The molecule has 1 heterocycles. The summed E-state index contributed by atoms with van der Waals surface area (Å²) in [5.74, 6) is 7.40. The third kappa shape index (κ3) is 4.61. The van der Waals surface area contributed by atoms with Crippen LogP contribution in [0.3, 0.4) is 0 Å². The van der Waals surface area contributed by atoms with E-state index in [1.165, 1.54) is 6.33 Å². The van der Waals surface area contributed by atoms with Crippen molar-refractivity contribution in [3.8, 4) is 0 Å². The van der Waals surface area contributed by atoms with Gasteiger partial charge in [-0.3, -0.25) is 0 Å². The molecule has 20 heavy (non-hydrogen) atoms. The van der Waals surface area contributed by atoms with Gasteiger partial charge in [-0.25, -0.2) is 15.8 Å². The second-order valence-electron chi connectivity index (χ2n) is 5.09. The van der Waals surface area contributed by atoms with E-state index in [0.717, 1.165) is 44.0 Å². The Balaban J connectivity index is 2.59. The molecular formula is C14H28N6. The van der Waals surface area contributed by atoms with Crippen molar-refractivity contribution < 1.29 is 0 Å². The van der Waals surface area contributed by atoms with E-state index in [4.69, 9.17) is 5.84 Å². The largest absolute Gasteiger partial charge is 0.370 e. The maximum absolute atomic E-state index is 5.51. The van der Waals surface area contributed by atoms with Crippen LogP contribution >= 0.6 is 0 Å². The molecular weight excluding hydrogens is 252 g/mol. The van der Waals surface area contributed by atoms with E-state index >= 15 is 0 Å². The minimum Gasteiger partial charge on any atom is -0.370 e. The summed E-state index contributed by atoms with van der Waals surface area (Å²) in [6.07, 6.45) is 2.63.